The zero-order chi connectivity index (χ0) is 21.9. The molecule has 0 radical (unpaired) electrons. The van der Waals surface area contributed by atoms with Crippen LogP contribution >= 0.6 is 22.9 Å². The van der Waals surface area contributed by atoms with Crippen molar-refractivity contribution in [1.29, 1.82) is 0 Å². The van der Waals surface area contributed by atoms with Gasteiger partial charge in [-0.3, -0.25) is 0 Å². The molecule has 0 spiro atoms. The third-order valence-electron chi connectivity index (χ3n) is 4.27. The van der Waals surface area contributed by atoms with E-state index in [1.807, 2.05) is 0 Å². The molecule has 0 fully saturated rings. The van der Waals surface area contributed by atoms with Crippen molar-refractivity contribution in [2.24, 2.45) is 0 Å². The molecule has 0 saturated heterocycles. The molecule has 2 aromatic rings. The average molecular weight is 471 g/mol. The van der Waals surface area contributed by atoms with E-state index in [0.29, 0.717) is 15.6 Å². The van der Waals surface area contributed by atoms with Gasteiger partial charge in [-0.2, -0.15) is 0 Å². The Labute approximate surface area is 182 Å². The van der Waals surface area contributed by atoms with Crippen LogP contribution in [0.4, 0.5) is 4.79 Å². The van der Waals surface area contributed by atoms with Crippen molar-refractivity contribution >= 4 is 44.8 Å². The molecule has 0 saturated carbocycles. The molecule has 1 aromatic carbocycles. The van der Waals surface area contributed by atoms with Crippen molar-refractivity contribution in [3.8, 4) is 5.75 Å². The standard InChI is InChI=1S/C19H19ClN2O6S2/c1-3-28-18(23)16-13(10-30(25,26)15-8-7-14(20)29-15)21-19(24)22-17(16)11-5-4-6-12(9-11)27-2/h4-9,17H,3,10H2,1-2H3,(H2,21,22,24)/t17-/m1/s1. The number of carbonyl (C=O) groups is 2. The Bertz CT molecular complexity index is 1110. The predicted octanol–water partition coefficient (Wildman–Crippen LogP) is 3.06. The largest absolute Gasteiger partial charge is 0.497 e. The number of ether oxygens (including phenoxy) is 2. The number of carbonyl (C=O) groups excluding carboxylic acids is 2. The zero-order valence-corrected chi connectivity index (χ0v) is 18.5. The molecule has 2 N–H and O–H groups in total. The van der Waals surface area contributed by atoms with Gasteiger partial charge >= 0.3 is 12.0 Å². The van der Waals surface area contributed by atoms with Gasteiger partial charge in [-0.1, -0.05) is 23.7 Å². The number of sulfone groups is 1. The van der Waals surface area contributed by atoms with Crippen molar-refractivity contribution in [1.82, 2.24) is 10.6 Å². The number of amides is 2. The minimum absolute atomic E-state index is 0.0101. The minimum Gasteiger partial charge on any atom is -0.497 e. The normalized spacial score (nSPS) is 16.6. The number of urea groups is 1. The molecule has 2 amide bonds. The van der Waals surface area contributed by atoms with Crippen LogP contribution in [0.3, 0.4) is 0 Å². The number of halogens is 1. The van der Waals surface area contributed by atoms with Crippen molar-refractivity contribution < 1.29 is 27.5 Å². The molecule has 11 heteroatoms. The van der Waals surface area contributed by atoms with Gasteiger partial charge in [0, 0.05) is 5.70 Å². The van der Waals surface area contributed by atoms with E-state index in [4.69, 9.17) is 21.1 Å². The third-order valence-corrected chi connectivity index (χ3v) is 7.72. The van der Waals surface area contributed by atoms with Gasteiger partial charge in [0.15, 0.2) is 9.84 Å². The first-order valence-corrected chi connectivity index (χ1v) is 11.7. The summed E-state index contributed by atoms with van der Waals surface area (Å²) in [5, 5.41) is 5.11. The van der Waals surface area contributed by atoms with Crippen LogP contribution in [0, 0.1) is 0 Å². The predicted molar refractivity (Wildman–Crippen MR) is 112 cm³/mol. The second kappa shape index (κ2) is 9.07. The molecular formula is C19H19ClN2O6S2. The molecule has 3 rings (SSSR count). The fraction of sp³-hybridized carbons (Fsp3) is 0.263. The molecule has 1 atom stereocenters. The van der Waals surface area contributed by atoms with Crippen LogP contribution in [0.1, 0.15) is 18.5 Å². The summed E-state index contributed by atoms with van der Waals surface area (Å²) in [7, 11) is -2.37. The first-order valence-electron chi connectivity index (χ1n) is 8.85. The highest BCUT2D eigenvalue weighted by Gasteiger charge is 2.36. The van der Waals surface area contributed by atoms with E-state index in [1.165, 1.54) is 19.2 Å². The van der Waals surface area contributed by atoms with E-state index in [-0.39, 0.29) is 22.1 Å². The third kappa shape index (κ3) is 4.77. The van der Waals surface area contributed by atoms with Gasteiger partial charge in [-0.25, -0.2) is 18.0 Å². The van der Waals surface area contributed by atoms with Gasteiger partial charge in [0.25, 0.3) is 0 Å². The summed E-state index contributed by atoms with van der Waals surface area (Å²) >= 11 is 6.76. The number of hydrogen-bond donors (Lipinski definition) is 2. The molecule has 2 heterocycles. The number of methoxy groups -OCH3 is 1. The monoisotopic (exact) mass is 470 g/mol. The number of benzene rings is 1. The average Bonchev–Trinajstić information content (AvgIpc) is 3.15. The summed E-state index contributed by atoms with van der Waals surface area (Å²) in [4.78, 5) is 25.1. The first kappa shape index (κ1) is 22.1. The Hall–Kier alpha value is -2.56. The van der Waals surface area contributed by atoms with Crippen LogP contribution in [-0.2, 0) is 19.4 Å². The fourth-order valence-corrected chi connectivity index (χ4v) is 5.87. The summed E-state index contributed by atoms with van der Waals surface area (Å²) < 4.78 is 36.4. The fourth-order valence-electron chi connectivity index (χ4n) is 2.98. The van der Waals surface area contributed by atoms with Crippen molar-refractivity contribution in [2.75, 3.05) is 19.5 Å². The topological polar surface area (TPSA) is 111 Å². The number of hydrogen-bond acceptors (Lipinski definition) is 7. The Morgan fingerprint density at radius 3 is 2.67 bits per heavy atom. The number of nitrogens with one attached hydrogen (secondary N) is 2. The second-order valence-electron chi connectivity index (χ2n) is 6.24. The quantitative estimate of drug-likeness (QED) is 0.602. The van der Waals surface area contributed by atoms with E-state index in [1.54, 1.807) is 31.2 Å². The van der Waals surface area contributed by atoms with Crippen LogP contribution in [-0.4, -0.2) is 39.9 Å². The highest BCUT2D eigenvalue weighted by atomic mass is 35.5. The highest BCUT2D eigenvalue weighted by molar-refractivity contribution is 7.93. The molecule has 0 unspecified atom stereocenters. The molecule has 160 valence electrons. The zero-order valence-electron chi connectivity index (χ0n) is 16.1. The van der Waals surface area contributed by atoms with Crippen LogP contribution in [0.5, 0.6) is 5.75 Å². The number of esters is 1. The summed E-state index contributed by atoms with van der Waals surface area (Å²) in [5.41, 5.74) is 0.506. The molecule has 0 bridgehead atoms. The lowest BCUT2D eigenvalue weighted by Gasteiger charge is -2.29. The van der Waals surface area contributed by atoms with Crippen molar-refractivity contribution in [3.63, 3.8) is 0 Å². The summed E-state index contributed by atoms with van der Waals surface area (Å²) in [6.07, 6.45) is 0. The number of rotatable bonds is 7. The maximum Gasteiger partial charge on any atom is 0.338 e. The number of thiophene rings is 1. The van der Waals surface area contributed by atoms with Crippen molar-refractivity contribution in [2.45, 2.75) is 17.2 Å². The Balaban J connectivity index is 2.10. The van der Waals surface area contributed by atoms with Gasteiger partial charge in [0.1, 0.15) is 9.96 Å². The van der Waals surface area contributed by atoms with Crippen LogP contribution in [0.2, 0.25) is 4.34 Å². The molecule has 30 heavy (non-hydrogen) atoms. The molecule has 1 aliphatic heterocycles. The SMILES string of the molecule is CCOC(=O)C1=C(CS(=O)(=O)c2ccc(Cl)s2)NC(=O)N[C@@H]1c1cccc(OC)c1. The van der Waals surface area contributed by atoms with E-state index in [9.17, 15) is 18.0 Å². The van der Waals surface area contributed by atoms with Gasteiger partial charge in [-0.15, -0.1) is 11.3 Å². The van der Waals surface area contributed by atoms with Crippen LogP contribution in [0.15, 0.2) is 51.9 Å². The van der Waals surface area contributed by atoms with Crippen LogP contribution < -0.4 is 15.4 Å². The smallest absolute Gasteiger partial charge is 0.338 e. The van der Waals surface area contributed by atoms with E-state index >= 15 is 0 Å². The van der Waals surface area contributed by atoms with Gasteiger partial charge < -0.3 is 20.1 Å². The van der Waals surface area contributed by atoms with Crippen LogP contribution in [0.25, 0.3) is 0 Å². The molecule has 0 aliphatic carbocycles. The lowest BCUT2D eigenvalue weighted by Crippen LogP contribution is -2.47. The second-order valence-corrected chi connectivity index (χ2v) is 10.2. The van der Waals surface area contributed by atoms with Gasteiger partial charge in [0.2, 0.25) is 0 Å². The van der Waals surface area contributed by atoms with Gasteiger partial charge in [-0.05, 0) is 36.8 Å². The summed E-state index contributed by atoms with van der Waals surface area (Å²) in [6, 6.07) is 8.08. The maximum absolute atomic E-state index is 12.9. The summed E-state index contributed by atoms with van der Waals surface area (Å²) in [6.45, 7) is 1.72. The minimum atomic E-state index is -3.86. The molecule has 1 aliphatic rings. The lowest BCUT2D eigenvalue weighted by atomic mass is 9.95. The van der Waals surface area contributed by atoms with E-state index in [2.05, 4.69) is 10.6 Å². The van der Waals surface area contributed by atoms with E-state index < -0.39 is 33.6 Å². The summed E-state index contributed by atoms with van der Waals surface area (Å²) in [5.74, 6) is -0.801. The Kier molecular flexibility index (Phi) is 6.69. The first-order chi connectivity index (χ1) is 14.2. The van der Waals surface area contributed by atoms with Gasteiger partial charge in [0.05, 0.1) is 35.4 Å². The molecule has 1 aromatic heterocycles. The highest BCUT2D eigenvalue weighted by Crippen LogP contribution is 2.32. The van der Waals surface area contributed by atoms with E-state index in [0.717, 1.165) is 11.3 Å². The van der Waals surface area contributed by atoms with Crippen molar-refractivity contribution in [3.05, 3.63) is 57.6 Å². The Morgan fingerprint density at radius 2 is 2.03 bits per heavy atom. The maximum atomic E-state index is 12.9. The molecule has 8 nitrogen and oxygen atoms in total. The molecular weight excluding hydrogens is 452 g/mol. The Morgan fingerprint density at radius 1 is 1.27 bits per heavy atom. The lowest BCUT2D eigenvalue weighted by molar-refractivity contribution is -0.139.